The molecule has 1 nitrogen and oxygen atoms in total. The Morgan fingerprint density at radius 2 is 1.81 bits per heavy atom. The summed E-state index contributed by atoms with van der Waals surface area (Å²) < 4.78 is 0. The van der Waals surface area contributed by atoms with E-state index in [1.54, 1.807) is 6.92 Å². The molecule has 0 amide bonds. The van der Waals surface area contributed by atoms with E-state index < -0.39 is 0 Å². The molecule has 0 aliphatic heterocycles. The van der Waals surface area contributed by atoms with Crippen LogP contribution in [0, 0.1) is 0 Å². The molecule has 0 rings (SSSR count). The van der Waals surface area contributed by atoms with Gasteiger partial charge < -0.3 is 4.79 Å². The Hall–Kier alpha value is -1.11. The molecule has 16 heavy (non-hydrogen) atoms. The van der Waals surface area contributed by atoms with Crippen LogP contribution in [0.15, 0.2) is 36.5 Å². The summed E-state index contributed by atoms with van der Waals surface area (Å²) in [6.07, 6.45) is 19.0. The number of unbranched alkanes of at least 4 members (excludes halogenated alkanes) is 3. The van der Waals surface area contributed by atoms with Crippen LogP contribution in [0.25, 0.3) is 0 Å². The molecule has 0 aromatic heterocycles. The summed E-state index contributed by atoms with van der Waals surface area (Å²) in [7, 11) is 0. The highest BCUT2D eigenvalue weighted by Crippen LogP contribution is 2.04. The van der Waals surface area contributed by atoms with E-state index in [1.165, 1.54) is 12.8 Å². The number of carbonyl (C=O) groups is 1. The van der Waals surface area contributed by atoms with Crippen molar-refractivity contribution in [2.45, 2.75) is 52.4 Å². The van der Waals surface area contributed by atoms with E-state index in [1.807, 2.05) is 19.1 Å². The van der Waals surface area contributed by atoms with E-state index in [4.69, 9.17) is 0 Å². The maximum absolute atomic E-state index is 10.7. The molecule has 0 unspecified atom stereocenters. The zero-order chi connectivity index (χ0) is 12.1. The van der Waals surface area contributed by atoms with Gasteiger partial charge in [-0.3, -0.25) is 0 Å². The summed E-state index contributed by atoms with van der Waals surface area (Å²) in [4.78, 5) is 10.7. The molecule has 0 atom stereocenters. The maximum atomic E-state index is 10.7. The van der Waals surface area contributed by atoms with Crippen molar-refractivity contribution >= 4 is 5.78 Å². The van der Waals surface area contributed by atoms with Gasteiger partial charge in [0.15, 0.2) is 0 Å². The van der Waals surface area contributed by atoms with Gasteiger partial charge in [0.05, 0.1) is 0 Å². The SMILES string of the molecule is CC=CC=CC/C=C\CCCCCC(C)=O. The smallest absolute Gasteiger partial charge is 0.129 e. The Morgan fingerprint density at radius 1 is 1.00 bits per heavy atom. The van der Waals surface area contributed by atoms with Crippen molar-refractivity contribution in [1.82, 2.24) is 0 Å². The van der Waals surface area contributed by atoms with Crippen LogP contribution >= 0.6 is 0 Å². The first-order valence-corrected chi connectivity index (χ1v) is 6.19. The molecule has 0 fully saturated rings. The number of ketones is 1. The fourth-order valence-electron chi connectivity index (χ4n) is 1.37. The summed E-state index contributed by atoms with van der Waals surface area (Å²) in [5.41, 5.74) is 0. The number of carbonyl (C=O) groups excluding carboxylic acids is 1. The minimum Gasteiger partial charge on any atom is -0.300 e. The molecule has 0 saturated heterocycles. The molecule has 1 heteroatoms. The average molecular weight is 220 g/mol. The average Bonchev–Trinajstić information content (AvgIpc) is 2.25. The molecular formula is C15H24O. The van der Waals surface area contributed by atoms with Crippen LogP contribution in [0.3, 0.4) is 0 Å². The highest BCUT2D eigenvalue weighted by molar-refractivity contribution is 5.75. The molecule has 0 bridgehead atoms. The third kappa shape index (κ3) is 12.9. The highest BCUT2D eigenvalue weighted by atomic mass is 16.1. The van der Waals surface area contributed by atoms with Crippen molar-refractivity contribution < 1.29 is 4.79 Å². The molecule has 0 aliphatic carbocycles. The molecule has 0 N–H and O–H groups in total. The summed E-state index contributed by atoms with van der Waals surface area (Å²) >= 11 is 0. The highest BCUT2D eigenvalue weighted by Gasteiger charge is 1.92. The van der Waals surface area contributed by atoms with E-state index in [2.05, 4.69) is 24.3 Å². The van der Waals surface area contributed by atoms with Crippen LogP contribution in [0.1, 0.15) is 52.4 Å². The molecule has 0 spiro atoms. The Labute approximate surface area is 99.9 Å². The molecule has 0 radical (unpaired) electrons. The van der Waals surface area contributed by atoms with Gasteiger partial charge >= 0.3 is 0 Å². The maximum Gasteiger partial charge on any atom is 0.129 e. The second-order valence-corrected chi connectivity index (χ2v) is 3.96. The molecular weight excluding hydrogens is 196 g/mol. The second kappa shape index (κ2) is 12.0. The summed E-state index contributed by atoms with van der Waals surface area (Å²) in [6.45, 7) is 3.68. The van der Waals surface area contributed by atoms with E-state index in [-0.39, 0.29) is 0 Å². The van der Waals surface area contributed by atoms with E-state index in [0.29, 0.717) is 5.78 Å². The van der Waals surface area contributed by atoms with E-state index in [0.717, 1.165) is 25.7 Å². The predicted octanol–water partition coefficient (Wildman–Crippen LogP) is 4.60. The first-order valence-electron chi connectivity index (χ1n) is 6.19. The monoisotopic (exact) mass is 220 g/mol. The van der Waals surface area contributed by atoms with Crippen molar-refractivity contribution in [1.29, 1.82) is 0 Å². The minimum absolute atomic E-state index is 0.310. The van der Waals surface area contributed by atoms with E-state index in [9.17, 15) is 4.79 Å². The standard InChI is InChI=1S/C15H24O/c1-3-4-5-6-7-8-9-10-11-12-13-14-15(2)16/h3-6,8-9H,7,10-14H2,1-2H3/b4-3?,6-5?,9-8-. The van der Waals surface area contributed by atoms with Gasteiger partial charge in [-0.1, -0.05) is 42.9 Å². The Morgan fingerprint density at radius 3 is 2.50 bits per heavy atom. The predicted molar refractivity (Wildman–Crippen MR) is 71.5 cm³/mol. The van der Waals surface area contributed by atoms with Gasteiger partial charge in [-0.2, -0.15) is 0 Å². The van der Waals surface area contributed by atoms with Crippen molar-refractivity contribution in [3.8, 4) is 0 Å². The molecule has 0 aromatic carbocycles. The van der Waals surface area contributed by atoms with Crippen LogP contribution in [0.5, 0.6) is 0 Å². The number of hydrogen-bond acceptors (Lipinski definition) is 1. The number of rotatable bonds is 9. The van der Waals surface area contributed by atoms with Crippen LogP contribution < -0.4 is 0 Å². The lowest BCUT2D eigenvalue weighted by Crippen LogP contribution is -1.88. The normalized spacial score (nSPS) is 12.1. The lowest BCUT2D eigenvalue weighted by molar-refractivity contribution is -0.117. The fraction of sp³-hybridized carbons (Fsp3) is 0.533. The van der Waals surface area contributed by atoms with Crippen molar-refractivity contribution in [3.63, 3.8) is 0 Å². The number of Topliss-reactive ketones (excluding diaryl/α,β-unsaturated/α-hetero) is 1. The van der Waals surface area contributed by atoms with Crippen LogP contribution in [-0.4, -0.2) is 5.78 Å². The lowest BCUT2D eigenvalue weighted by atomic mass is 10.1. The zero-order valence-corrected chi connectivity index (χ0v) is 10.6. The van der Waals surface area contributed by atoms with Crippen molar-refractivity contribution in [2.24, 2.45) is 0 Å². The van der Waals surface area contributed by atoms with Crippen LogP contribution in [0.2, 0.25) is 0 Å². The molecule has 90 valence electrons. The topological polar surface area (TPSA) is 17.1 Å². The van der Waals surface area contributed by atoms with Crippen molar-refractivity contribution in [3.05, 3.63) is 36.5 Å². The number of hydrogen-bond donors (Lipinski definition) is 0. The first kappa shape index (κ1) is 14.9. The van der Waals surface area contributed by atoms with Crippen LogP contribution in [0.4, 0.5) is 0 Å². The van der Waals surface area contributed by atoms with Gasteiger partial charge in [0.2, 0.25) is 0 Å². The van der Waals surface area contributed by atoms with E-state index >= 15 is 0 Å². The van der Waals surface area contributed by atoms with Gasteiger partial charge in [-0.05, 0) is 39.5 Å². The van der Waals surface area contributed by atoms with Crippen molar-refractivity contribution in [2.75, 3.05) is 0 Å². The second-order valence-electron chi connectivity index (χ2n) is 3.96. The third-order valence-electron chi connectivity index (χ3n) is 2.28. The summed E-state index contributed by atoms with van der Waals surface area (Å²) in [6, 6.07) is 0. The van der Waals surface area contributed by atoms with Gasteiger partial charge in [0.25, 0.3) is 0 Å². The van der Waals surface area contributed by atoms with Crippen LogP contribution in [-0.2, 0) is 4.79 Å². The third-order valence-corrected chi connectivity index (χ3v) is 2.28. The Kier molecular flexibility index (Phi) is 11.1. The number of allylic oxidation sites excluding steroid dienone is 6. The molecule has 0 aliphatic rings. The fourth-order valence-corrected chi connectivity index (χ4v) is 1.37. The van der Waals surface area contributed by atoms with Gasteiger partial charge in [0, 0.05) is 6.42 Å². The van der Waals surface area contributed by atoms with Gasteiger partial charge in [0.1, 0.15) is 5.78 Å². The molecule has 0 saturated carbocycles. The quantitative estimate of drug-likeness (QED) is 0.315. The summed E-state index contributed by atoms with van der Waals surface area (Å²) in [5, 5.41) is 0. The Bertz CT molecular complexity index is 246. The largest absolute Gasteiger partial charge is 0.300 e. The Balaban J connectivity index is 3.24. The van der Waals surface area contributed by atoms with Gasteiger partial charge in [-0.15, -0.1) is 0 Å². The molecule has 0 heterocycles. The summed E-state index contributed by atoms with van der Waals surface area (Å²) in [5.74, 6) is 0.310. The zero-order valence-electron chi connectivity index (χ0n) is 10.6. The van der Waals surface area contributed by atoms with Gasteiger partial charge in [-0.25, -0.2) is 0 Å². The lowest BCUT2D eigenvalue weighted by Gasteiger charge is -1.95. The first-order chi connectivity index (χ1) is 7.77. The minimum atomic E-state index is 0.310. The molecule has 0 aromatic rings.